The molecule has 0 saturated carbocycles. The maximum Gasteiger partial charge on any atom is 0.321 e. The predicted molar refractivity (Wildman–Crippen MR) is 135 cm³/mol. The molecule has 8 heteroatoms. The van der Waals surface area contributed by atoms with Crippen LogP contribution in [-0.2, 0) is 12.0 Å². The highest BCUT2D eigenvalue weighted by molar-refractivity contribution is 9.10. The van der Waals surface area contributed by atoms with E-state index in [1.807, 2.05) is 29.6 Å². The molecule has 0 unspecified atom stereocenters. The topological polar surface area (TPSA) is 66.1 Å². The number of rotatable bonds is 6. The summed E-state index contributed by atoms with van der Waals surface area (Å²) in [5.41, 5.74) is 3.24. The van der Waals surface area contributed by atoms with Gasteiger partial charge in [0.2, 0.25) is 0 Å². The minimum atomic E-state index is -0.361. The molecule has 1 aromatic heterocycles. The highest BCUT2D eigenvalue weighted by Crippen LogP contribution is 2.34. The first-order valence-corrected chi connectivity index (χ1v) is 12.8. The molecule has 2 amide bonds. The Morgan fingerprint density at radius 3 is 2.64 bits per heavy atom. The zero-order chi connectivity index (χ0) is 23.4. The van der Waals surface area contributed by atoms with Gasteiger partial charge in [-0.25, -0.2) is 14.2 Å². The molecule has 2 heterocycles. The monoisotopic (exact) mass is 530 g/mol. The first-order chi connectivity index (χ1) is 15.8. The smallest absolute Gasteiger partial charge is 0.321 e. The van der Waals surface area contributed by atoms with Crippen LogP contribution in [0.2, 0.25) is 0 Å². The Kier molecular flexibility index (Phi) is 7.46. The van der Waals surface area contributed by atoms with Gasteiger partial charge < -0.3 is 10.6 Å². The second-order valence-electron chi connectivity index (χ2n) is 8.86. The van der Waals surface area contributed by atoms with E-state index in [1.54, 1.807) is 0 Å². The number of halogens is 2. The normalized spacial score (nSPS) is 14.8. The molecular formula is C25H28BrFN4OS. The van der Waals surface area contributed by atoms with Crippen LogP contribution < -0.4 is 16.0 Å². The van der Waals surface area contributed by atoms with Crippen molar-refractivity contribution in [2.75, 3.05) is 18.4 Å². The highest BCUT2D eigenvalue weighted by Gasteiger charge is 2.26. The number of amides is 2. The lowest BCUT2D eigenvalue weighted by molar-refractivity contribution is 0.251. The second-order valence-corrected chi connectivity index (χ2v) is 10.6. The molecule has 0 atom stereocenters. The molecular weight excluding hydrogens is 503 g/mol. The molecule has 33 heavy (non-hydrogen) atoms. The molecule has 1 aliphatic rings. The zero-order valence-electron chi connectivity index (χ0n) is 18.8. The molecule has 174 valence electrons. The lowest BCUT2D eigenvalue weighted by Gasteiger charge is -2.23. The number of benzene rings is 2. The van der Waals surface area contributed by atoms with Crippen LogP contribution in [0.5, 0.6) is 0 Å². The number of urea groups is 1. The first-order valence-electron chi connectivity index (χ1n) is 11.1. The molecule has 0 bridgehead atoms. The lowest BCUT2D eigenvalue weighted by atomic mass is 9.82. The predicted octanol–water partition coefficient (Wildman–Crippen LogP) is 6.16. The van der Waals surface area contributed by atoms with Crippen molar-refractivity contribution in [1.29, 1.82) is 0 Å². The summed E-state index contributed by atoms with van der Waals surface area (Å²) in [5, 5.41) is 11.4. The third-order valence-electron chi connectivity index (χ3n) is 6.23. The van der Waals surface area contributed by atoms with Crippen LogP contribution in [0, 0.1) is 5.82 Å². The van der Waals surface area contributed by atoms with Gasteiger partial charge in [-0.15, -0.1) is 11.3 Å². The third-order valence-corrected chi connectivity index (χ3v) is 7.51. The van der Waals surface area contributed by atoms with Gasteiger partial charge in [0.15, 0.2) is 5.13 Å². The number of carbonyl (C=O) groups is 1. The number of anilines is 1. The summed E-state index contributed by atoms with van der Waals surface area (Å²) in [4.78, 5) is 17.0. The number of aromatic nitrogens is 1. The standard InChI is InChI=1S/C25H28BrFN4OS/c1-25(2,18-4-6-19(26)7-5-18)22-15-33-24(30-22)31-23(32)29-14-16-3-8-20(21(27)13-16)17-9-11-28-12-10-17/h3-8,13,15,17,28H,9-12,14H2,1-2H3,(H2,29,30,31,32). The molecule has 0 spiro atoms. The van der Waals surface area contributed by atoms with Crippen LogP contribution in [-0.4, -0.2) is 24.1 Å². The summed E-state index contributed by atoms with van der Waals surface area (Å²) in [7, 11) is 0. The zero-order valence-corrected chi connectivity index (χ0v) is 21.2. The van der Waals surface area contributed by atoms with Crippen LogP contribution in [0.4, 0.5) is 14.3 Å². The van der Waals surface area contributed by atoms with Gasteiger partial charge in [-0.3, -0.25) is 5.32 Å². The Labute approximate surface area is 206 Å². The highest BCUT2D eigenvalue weighted by atomic mass is 79.9. The van der Waals surface area contributed by atoms with E-state index < -0.39 is 0 Å². The van der Waals surface area contributed by atoms with Gasteiger partial charge in [0, 0.05) is 21.8 Å². The second kappa shape index (κ2) is 10.3. The molecule has 2 aromatic carbocycles. The van der Waals surface area contributed by atoms with E-state index in [2.05, 4.69) is 62.8 Å². The number of hydrogen-bond donors (Lipinski definition) is 3. The fourth-order valence-electron chi connectivity index (χ4n) is 4.10. The summed E-state index contributed by atoms with van der Waals surface area (Å²) in [6.45, 7) is 6.31. The minimum absolute atomic E-state index is 0.193. The van der Waals surface area contributed by atoms with Crippen molar-refractivity contribution in [3.63, 3.8) is 0 Å². The van der Waals surface area contributed by atoms with Crippen LogP contribution in [0.25, 0.3) is 0 Å². The van der Waals surface area contributed by atoms with E-state index in [0.717, 1.165) is 52.8 Å². The molecule has 1 fully saturated rings. The number of piperidine rings is 1. The Morgan fingerprint density at radius 1 is 1.21 bits per heavy atom. The quantitative estimate of drug-likeness (QED) is 0.357. The fraction of sp³-hybridized carbons (Fsp3) is 0.360. The third kappa shape index (κ3) is 5.80. The van der Waals surface area contributed by atoms with Crippen molar-refractivity contribution in [3.8, 4) is 0 Å². The van der Waals surface area contributed by atoms with Gasteiger partial charge in [-0.2, -0.15) is 0 Å². The molecule has 0 aliphatic carbocycles. The Morgan fingerprint density at radius 2 is 1.94 bits per heavy atom. The van der Waals surface area contributed by atoms with Crippen LogP contribution >= 0.6 is 27.3 Å². The van der Waals surface area contributed by atoms with Gasteiger partial charge >= 0.3 is 6.03 Å². The van der Waals surface area contributed by atoms with Gasteiger partial charge in [-0.05, 0) is 66.7 Å². The summed E-state index contributed by atoms with van der Waals surface area (Å²) >= 11 is 4.85. The van der Waals surface area contributed by atoms with Crippen LogP contribution in [0.15, 0.2) is 52.3 Å². The van der Waals surface area contributed by atoms with E-state index in [-0.39, 0.29) is 29.7 Å². The maximum atomic E-state index is 14.6. The van der Waals surface area contributed by atoms with E-state index in [9.17, 15) is 9.18 Å². The Bertz CT molecular complexity index is 1110. The molecule has 4 rings (SSSR count). The van der Waals surface area contributed by atoms with E-state index in [4.69, 9.17) is 0 Å². The van der Waals surface area contributed by atoms with E-state index in [0.29, 0.717) is 5.13 Å². The minimum Gasteiger partial charge on any atom is -0.334 e. The van der Waals surface area contributed by atoms with Gasteiger partial charge in [0.05, 0.1) is 5.69 Å². The van der Waals surface area contributed by atoms with Gasteiger partial charge in [0.1, 0.15) is 5.82 Å². The average Bonchev–Trinajstić information content (AvgIpc) is 3.28. The molecule has 1 aliphatic heterocycles. The van der Waals surface area contributed by atoms with Crippen molar-refractivity contribution >= 4 is 38.4 Å². The average molecular weight is 531 g/mol. The Hall–Kier alpha value is -2.29. The summed E-state index contributed by atoms with van der Waals surface area (Å²) < 4.78 is 15.7. The largest absolute Gasteiger partial charge is 0.334 e. The number of nitrogens with one attached hydrogen (secondary N) is 3. The summed E-state index contributed by atoms with van der Waals surface area (Å²) in [6, 6.07) is 13.1. The van der Waals surface area contributed by atoms with Crippen molar-refractivity contribution < 1.29 is 9.18 Å². The van der Waals surface area contributed by atoms with Gasteiger partial charge in [-0.1, -0.05) is 54.0 Å². The molecule has 3 N–H and O–H groups in total. The molecule has 5 nitrogen and oxygen atoms in total. The summed E-state index contributed by atoms with van der Waals surface area (Å²) in [6.07, 6.45) is 1.90. The lowest BCUT2D eigenvalue weighted by Crippen LogP contribution is -2.28. The van der Waals surface area contributed by atoms with Crippen LogP contribution in [0.1, 0.15) is 55.0 Å². The fourth-order valence-corrected chi connectivity index (χ4v) is 5.24. The Balaban J connectivity index is 1.33. The number of hydrogen-bond acceptors (Lipinski definition) is 4. The maximum absolute atomic E-state index is 14.6. The van der Waals surface area contributed by atoms with Gasteiger partial charge in [0.25, 0.3) is 0 Å². The summed E-state index contributed by atoms with van der Waals surface area (Å²) in [5.74, 6) is 0.0682. The first kappa shape index (κ1) is 23.9. The van der Waals surface area contributed by atoms with Crippen LogP contribution in [0.3, 0.4) is 0 Å². The van der Waals surface area contributed by atoms with Crippen molar-refractivity contribution in [2.24, 2.45) is 0 Å². The van der Waals surface area contributed by atoms with Crippen molar-refractivity contribution in [1.82, 2.24) is 15.6 Å². The number of thiazole rings is 1. The van der Waals surface area contributed by atoms with E-state index in [1.165, 1.54) is 17.4 Å². The van der Waals surface area contributed by atoms with Crippen molar-refractivity contribution in [3.05, 3.63) is 80.5 Å². The molecule has 3 aromatic rings. The number of carbonyl (C=O) groups excluding carboxylic acids is 1. The molecule has 0 radical (unpaired) electrons. The SMILES string of the molecule is CC(C)(c1ccc(Br)cc1)c1csc(NC(=O)NCc2ccc(C3CCNCC3)c(F)c2)n1. The number of nitrogens with zero attached hydrogens (tertiary/aromatic N) is 1. The van der Waals surface area contributed by atoms with E-state index >= 15 is 0 Å². The molecule has 1 saturated heterocycles. The van der Waals surface area contributed by atoms with Crippen molar-refractivity contribution in [2.45, 2.75) is 44.6 Å².